The van der Waals surface area contributed by atoms with Crippen LogP contribution in [0.3, 0.4) is 0 Å². The Morgan fingerprint density at radius 3 is 1.76 bits per heavy atom. The molecule has 1 unspecified atom stereocenters. The number of hydrogen-bond acceptors (Lipinski definition) is 9. The van der Waals surface area contributed by atoms with Gasteiger partial charge in [0.1, 0.15) is 12.7 Å². The van der Waals surface area contributed by atoms with Gasteiger partial charge in [0.2, 0.25) is 0 Å². The fourth-order valence-electron chi connectivity index (χ4n) is 3.53. The predicted molar refractivity (Wildman–Crippen MR) is 90.3 cm³/mol. The Kier molecular flexibility index (Phi) is 8.98. The molecule has 12 nitrogen and oxygen atoms in total. The van der Waals surface area contributed by atoms with Crippen LogP contribution < -0.4 is 0 Å². The van der Waals surface area contributed by atoms with E-state index in [0.29, 0.717) is 0 Å². The van der Waals surface area contributed by atoms with E-state index in [4.69, 9.17) is 19.3 Å². The molecule has 0 aliphatic carbocycles. The van der Waals surface area contributed by atoms with Crippen LogP contribution in [0.2, 0.25) is 0 Å². The minimum Gasteiger partial charge on any atom is -0.481 e. The third-order valence-corrected chi connectivity index (χ3v) is 4.55. The molecular weight excluding hydrogens is 396 g/mol. The molecule has 4 N–H and O–H groups in total. The summed E-state index contributed by atoms with van der Waals surface area (Å²) in [6, 6.07) is 0. The Bertz CT molecular complexity index is 644. The number of aliphatic hydroxyl groups is 1. The minimum atomic E-state index is -1.76. The molecule has 1 aliphatic rings. The van der Waals surface area contributed by atoms with Crippen LogP contribution in [0.25, 0.3) is 0 Å². The van der Waals surface area contributed by atoms with E-state index in [2.05, 4.69) is 0 Å². The second kappa shape index (κ2) is 10.7. The summed E-state index contributed by atoms with van der Waals surface area (Å²) < 4.78 is 15.3. The van der Waals surface area contributed by atoms with Crippen molar-refractivity contribution in [2.45, 2.75) is 51.6 Å². The molecule has 1 heterocycles. The van der Waals surface area contributed by atoms with E-state index < -0.39 is 92.0 Å². The average Bonchev–Trinajstić information content (AvgIpc) is 2.55. The second-order valence-corrected chi connectivity index (χ2v) is 6.73. The SMILES string of the molecule is CC(=O)OC[C@@H](OC(C)=O)[C@@H]1OC(O)[C@@H](CC(=O)O)[C@@H](CC(=O)O)[C@H]1CC(=O)O. The lowest BCUT2D eigenvalue weighted by atomic mass is 9.70. The Morgan fingerprint density at radius 2 is 1.31 bits per heavy atom. The number of aliphatic carboxylic acids is 3. The topological polar surface area (TPSA) is 194 Å². The lowest BCUT2D eigenvalue weighted by Gasteiger charge is -2.46. The fraction of sp³-hybridized carbons (Fsp3) is 0.706. The van der Waals surface area contributed by atoms with E-state index >= 15 is 0 Å². The maximum absolute atomic E-state index is 11.5. The molecule has 0 radical (unpaired) electrons. The number of carboxylic acid groups (broad SMARTS) is 3. The van der Waals surface area contributed by atoms with E-state index in [9.17, 15) is 39.3 Å². The third kappa shape index (κ3) is 7.66. The third-order valence-electron chi connectivity index (χ3n) is 4.55. The van der Waals surface area contributed by atoms with Crippen LogP contribution >= 0.6 is 0 Å². The number of carbonyl (C=O) groups is 5. The summed E-state index contributed by atoms with van der Waals surface area (Å²) >= 11 is 0. The highest BCUT2D eigenvalue weighted by atomic mass is 16.6. The van der Waals surface area contributed by atoms with Gasteiger partial charge in [-0.2, -0.15) is 0 Å². The van der Waals surface area contributed by atoms with E-state index in [1.807, 2.05) is 0 Å². The molecule has 1 rings (SSSR count). The zero-order valence-electron chi connectivity index (χ0n) is 15.8. The molecule has 0 aromatic carbocycles. The van der Waals surface area contributed by atoms with E-state index in [1.54, 1.807) is 0 Å². The number of aliphatic hydroxyl groups excluding tert-OH is 1. The number of carboxylic acids is 3. The number of esters is 2. The molecule has 0 aromatic heterocycles. The van der Waals surface area contributed by atoms with Gasteiger partial charge in [-0.3, -0.25) is 24.0 Å². The molecular formula is C17H24O12. The fourth-order valence-corrected chi connectivity index (χ4v) is 3.53. The van der Waals surface area contributed by atoms with Gasteiger partial charge >= 0.3 is 29.8 Å². The Balaban J connectivity index is 3.34. The molecule has 0 bridgehead atoms. The monoisotopic (exact) mass is 420 g/mol. The first-order chi connectivity index (χ1) is 13.4. The van der Waals surface area contributed by atoms with Gasteiger partial charge in [-0.15, -0.1) is 0 Å². The van der Waals surface area contributed by atoms with Crippen molar-refractivity contribution in [3.63, 3.8) is 0 Å². The van der Waals surface area contributed by atoms with Crippen molar-refractivity contribution >= 4 is 29.8 Å². The van der Waals surface area contributed by atoms with Crippen LogP contribution in [0.5, 0.6) is 0 Å². The van der Waals surface area contributed by atoms with Crippen molar-refractivity contribution in [2.75, 3.05) is 6.61 Å². The average molecular weight is 420 g/mol. The first-order valence-corrected chi connectivity index (χ1v) is 8.71. The molecule has 0 aromatic rings. The Hall–Kier alpha value is -2.73. The predicted octanol–water partition coefficient (Wildman–Crippen LogP) is -0.529. The highest BCUT2D eigenvalue weighted by Crippen LogP contribution is 2.42. The molecule has 6 atom stereocenters. The molecule has 1 fully saturated rings. The summed E-state index contributed by atoms with van der Waals surface area (Å²) in [6.07, 6.45) is -6.40. The van der Waals surface area contributed by atoms with Crippen LogP contribution in [-0.4, -0.2) is 75.4 Å². The number of hydrogen-bond donors (Lipinski definition) is 4. The van der Waals surface area contributed by atoms with Gasteiger partial charge in [-0.25, -0.2) is 0 Å². The van der Waals surface area contributed by atoms with Gasteiger partial charge in [-0.05, 0) is 5.92 Å². The van der Waals surface area contributed by atoms with Gasteiger partial charge in [0.05, 0.1) is 12.8 Å². The van der Waals surface area contributed by atoms with Gasteiger partial charge in [0.25, 0.3) is 0 Å². The van der Waals surface area contributed by atoms with Crippen LogP contribution in [0.1, 0.15) is 33.1 Å². The maximum atomic E-state index is 11.5. The second-order valence-electron chi connectivity index (χ2n) is 6.73. The van der Waals surface area contributed by atoms with Crippen LogP contribution in [0.15, 0.2) is 0 Å². The lowest BCUT2D eigenvalue weighted by molar-refractivity contribution is -0.264. The molecule has 1 aliphatic heterocycles. The van der Waals surface area contributed by atoms with Gasteiger partial charge in [0, 0.05) is 32.1 Å². The molecule has 0 amide bonds. The van der Waals surface area contributed by atoms with Crippen molar-refractivity contribution in [1.82, 2.24) is 0 Å². The highest BCUT2D eigenvalue weighted by molar-refractivity contribution is 5.70. The molecule has 1 saturated heterocycles. The summed E-state index contributed by atoms with van der Waals surface area (Å²) in [5.74, 6) is -9.01. The van der Waals surface area contributed by atoms with Gasteiger partial charge in [0.15, 0.2) is 12.4 Å². The smallest absolute Gasteiger partial charge is 0.303 e. The summed E-state index contributed by atoms with van der Waals surface area (Å²) in [5.41, 5.74) is 0. The molecule has 0 saturated carbocycles. The van der Waals surface area contributed by atoms with Gasteiger partial charge < -0.3 is 34.6 Å². The lowest BCUT2D eigenvalue weighted by Crippen LogP contribution is -2.55. The summed E-state index contributed by atoms with van der Waals surface area (Å²) in [6.45, 7) is 1.62. The molecule has 12 heteroatoms. The largest absolute Gasteiger partial charge is 0.481 e. The van der Waals surface area contributed by atoms with Crippen molar-refractivity contribution in [3.8, 4) is 0 Å². The first-order valence-electron chi connectivity index (χ1n) is 8.71. The molecule has 164 valence electrons. The standard InChI is InChI=1S/C17H24O12/c1-7(18)27-6-12(28-8(2)19)16-10(4-14(22)23)9(3-13(20)21)11(5-15(24)25)17(26)29-16/h9-12,16-17,26H,3-6H2,1-2H3,(H,20,21)(H,22,23)(H,24,25)/t9-,10+,11-,12+,16+,17?/m0/s1. The summed E-state index contributed by atoms with van der Waals surface area (Å²) in [4.78, 5) is 56.5. The van der Waals surface area contributed by atoms with Crippen molar-refractivity contribution in [2.24, 2.45) is 17.8 Å². The minimum absolute atomic E-state index is 0.522. The van der Waals surface area contributed by atoms with E-state index in [0.717, 1.165) is 13.8 Å². The van der Waals surface area contributed by atoms with E-state index in [-0.39, 0.29) is 0 Å². The zero-order chi connectivity index (χ0) is 22.3. The van der Waals surface area contributed by atoms with Crippen LogP contribution in [0.4, 0.5) is 0 Å². The maximum Gasteiger partial charge on any atom is 0.303 e. The number of ether oxygens (including phenoxy) is 3. The summed E-state index contributed by atoms with van der Waals surface area (Å²) in [5, 5.41) is 37.9. The van der Waals surface area contributed by atoms with Crippen molar-refractivity contribution in [3.05, 3.63) is 0 Å². The first kappa shape index (κ1) is 24.3. The Labute approximate surface area is 165 Å². The van der Waals surface area contributed by atoms with Crippen LogP contribution in [0, 0.1) is 17.8 Å². The van der Waals surface area contributed by atoms with Crippen LogP contribution in [-0.2, 0) is 38.2 Å². The molecule has 0 spiro atoms. The summed E-state index contributed by atoms with van der Waals surface area (Å²) in [7, 11) is 0. The zero-order valence-corrected chi connectivity index (χ0v) is 15.8. The number of rotatable bonds is 10. The normalized spacial score (nSPS) is 27.5. The van der Waals surface area contributed by atoms with E-state index in [1.165, 1.54) is 0 Å². The van der Waals surface area contributed by atoms with Crippen molar-refractivity contribution < 1.29 is 58.6 Å². The van der Waals surface area contributed by atoms with Crippen molar-refractivity contribution in [1.29, 1.82) is 0 Å². The highest BCUT2D eigenvalue weighted by Gasteiger charge is 2.50. The van der Waals surface area contributed by atoms with Gasteiger partial charge in [-0.1, -0.05) is 0 Å². The molecule has 29 heavy (non-hydrogen) atoms. The Morgan fingerprint density at radius 1 is 0.828 bits per heavy atom. The number of carbonyl (C=O) groups excluding carboxylic acids is 2. The quantitative estimate of drug-likeness (QED) is 0.330.